The van der Waals surface area contributed by atoms with Crippen LogP contribution in [-0.4, -0.2) is 6.10 Å². The number of aryl methyl sites for hydroxylation is 2. The molecule has 0 saturated heterocycles. The minimum absolute atomic E-state index is 0.437. The van der Waals surface area contributed by atoms with E-state index in [1.165, 1.54) is 42.4 Å². The standard InChI is InChI=1S/C14H21NO/c1-11-7-8-13(9-12(11)2)10-15-16-14-5-3-4-6-14/h7-9,14-15H,3-6,10H2,1-2H3. The summed E-state index contributed by atoms with van der Waals surface area (Å²) >= 11 is 0. The minimum Gasteiger partial charge on any atom is -0.298 e. The third kappa shape index (κ3) is 3.06. The van der Waals surface area contributed by atoms with Gasteiger partial charge < -0.3 is 0 Å². The first-order chi connectivity index (χ1) is 7.75. The van der Waals surface area contributed by atoms with Gasteiger partial charge in [0.15, 0.2) is 0 Å². The average Bonchev–Trinajstić information content (AvgIpc) is 2.76. The lowest BCUT2D eigenvalue weighted by Crippen LogP contribution is -2.21. The smallest absolute Gasteiger partial charge is 0.0790 e. The topological polar surface area (TPSA) is 21.3 Å². The van der Waals surface area contributed by atoms with Crippen molar-refractivity contribution in [2.24, 2.45) is 0 Å². The summed E-state index contributed by atoms with van der Waals surface area (Å²) in [5.74, 6) is 0. The summed E-state index contributed by atoms with van der Waals surface area (Å²) in [6.45, 7) is 5.09. The summed E-state index contributed by atoms with van der Waals surface area (Å²) in [7, 11) is 0. The van der Waals surface area contributed by atoms with Gasteiger partial charge in [-0.05, 0) is 43.4 Å². The maximum Gasteiger partial charge on any atom is 0.0790 e. The zero-order valence-corrected chi connectivity index (χ0v) is 10.3. The molecule has 1 aromatic rings. The number of hydroxylamine groups is 1. The van der Waals surface area contributed by atoms with Crippen LogP contribution in [0.5, 0.6) is 0 Å². The van der Waals surface area contributed by atoms with E-state index < -0.39 is 0 Å². The molecule has 2 nitrogen and oxygen atoms in total. The lowest BCUT2D eigenvalue weighted by atomic mass is 10.1. The van der Waals surface area contributed by atoms with Crippen LogP contribution >= 0.6 is 0 Å². The Bertz CT molecular complexity index is 343. The summed E-state index contributed by atoms with van der Waals surface area (Å²) in [4.78, 5) is 5.63. The van der Waals surface area contributed by atoms with E-state index in [0.717, 1.165) is 6.54 Å². The average molecular weight is 219 g/mol. The third-order valence-electron chi connectivity index (χ3n) is 3.40. The summed E-state index contributed by atoms with van der Waals surface area (Å²) in [5, 5.41) is 0. The van der Waals surface area contributed by atoms with Crippen LogP contribution in [0.4, 0.5) is 0 Å². The van der Waals surface area contributed by atoms with Crippen molar-refractivity contribution in [3.8, 4) is 0 Å². The first-order valence-electron chi connectivity index (χ1n) is 6.20. The molecule has 0 aliphatic heterocycles. The van der Waals surface area contributed by atoms with Crippen LogP contribution in [-0.2, 0) is 11.4 Å². The van der Waals surface area contributed by atoms with Gasteiger partial charge in [-0.1, -0.05) is 31.0 Å². The number of hydrogen-bond donors (Lipinski definition) is 1. The second-order valence-corrected chi connectivity index (χ2v) is 4.76. The van der Waals surface area contributed by atoms with Crippen molar-refractivity contribution in [2.75, 3.05) is 0 Å². The molecule has 2 heteroatoms. The Morgan fingerprint density at radius 3 is 2.62 bits per heavy atom. The molecular weight excluding hydrogens is 198 g/mol. The molecule has 1 saturated carbocycles. The molecule has 1 N–H and O–H groups in total. The quantitative estimate of drug-likeness (QED) is 0.785. The van der Waals surface area contributed by atoms with Crippen molar-refractivity contribution in [1.29, 1.82) is 0 Å². The molecule has 1 aliphatic carbocycles. The maximum atomic E-state index is 5.63. The van der Waals surface area contributed by atoms with Crippen LogP contribution in [0.2, 0.25) is 0 Å². The third-order valence-corrected chi connectivity index (χ3v) is 3.40. The Kier molecular flexibility index (Phi) is 3.97. The van der Waals surface area contributed by atoms with E-state index in [4.69, 9.17) is 4.84 Å². The lowest BCUT2D eigenvalue weighted by molar-refractivity contribution is -0.0244. The van der Waals surface area contributed by atoms with Crippen LogP contribution in [0.25, 0.3) is 0 Å². The SMILES string of the molecule is Cc1ccc(CNOC2CCCC2)cc1C. The summed E-state index contributed by atoms with van der Waals surface area (Å²) in [6, 6.07) is 6.55. The fourth-order valence-electron chi connectivity index (χ4n) is 2.16. The lowest BCUT2D eigenvalue weighted by Gasteiger charge is -2.12. The van der Waals surface area contributed by atoms with Crippen molar-refractivity contribution in [3.63, 3.8) is 0 Å². The minimum atomic E-state index is 0.437. The van der Waals surface area contributed by atoms with Crippen LogP contribution in [0.3, 0.4) is 0 Å². The highest BCUT2D eigenvalue weighted by atomic mass is 16.7. The second kappa shape index (κ2) is 5.46. The molecule has 0 bridgehead atoms. The van der Waals surface area contributed by atoms with Gasteiger partial charge in [0, 0.05) is 6.54 Å². The van der Waals surface area contributed by atoms with E-state index in [9.17, 15) is 0 Å². The molecule has 0 amide bonds. The maximum absolute atomic E-state index is 5.63. The molecule has 1 fully saturated rings. The fourth-order valence-corrected chi connectivity index (χ4v) is 2.16. The number of hydrogen-bond acceptors (Lipinski definition) is 2. The normalized spacial score (nSPS) is 16.9. The predicted molar refractivity (Wildman–Crippen MR) is 66.1 cm³/mol. The zero-order chi connectivity index (χ0) is 11.4. The van der Waals surface area contributed by atoms with Gasteiger partial charge in [-0.3, -0.25) is 4.84 Å². The molecule has 0 atom stereocenters. The summed E-state index contributed by atoms with van der Waals surface area (Å²) < 4.78 is 0. The first-order valence-corrected chi connectivity index (χ1v) is 6.20. The van der Waals surface area contributed by atoms with Crippen LogP contribution in [0, 0.1) is 13.8 Å². The highest BCUT2D eigenvalue weighted by Crippen LogP contribution is 2.20. The van der Waals surface area contributed by atoms with Crippen molar-refractivity contribution in [1.82, 2.24) is 5.48 Å². The fraction of sp³-hybridized carbons (Fsp3) is 0.571. The monoisotopic (exact) mass is 219 g/mol. The first kappa shape index (κ1) is 11.6. The van der Waals surface area contributed by atoms with E-state index in [1.54, 1.807) is 0 Å². The molecule has 16 heavy (non-hydrogen) atoms. The molecule has 2 rings (SSSR count). The largest absolute Gasteiger partial charge is 0.298 e. The molecule has 0 spiro atoms. The Hall–Kier alpha value is -0.860. The molecule has 1 aromatic carbocycles. The van der Waals surface area contributed by atoms with Gasteiger partial charge >= 0.3 is 0 Å². The number of rotatable bonds is 4. The van der Waals surface area contributed by atoms with Gasteiger partial charge in [0.25, 0.3) is 0 Å². The van der Waals surface area contributed by atoms with Gasteiger partial charge in [0.05, 0.1) is 6.10 Å². The highest BCUT2D eigenvalue weighted by Gasteiger charge is 2.15. The Morgan fingerprint density at radius 2 is 1.94 bits per heavy atom. The Morgan fingerprint density at radius 1 is 1.19 bits per heavy atom. The molecule has 88 valence electrons. The van der Waals surface area contributed by atoms with E-state index >= 15 is 0 Å². The van der Waals surface area contributed by atoms with E-state index in [-0.39, 0.29) is 0 Å². The van der Waals surface area contributed by atoms with Gasteiger partial charge in [-0.2, -0.15) is 5.48 Å². The van der Waals surface area contributed by atoms with Crippen molar-refractivity contribution < 1.29 is 4.84 Å². The summed E-state index contributed by atoms with van der Waals surface area (Å²) in [5.41, 5.74) is 7.08. The van der Waals surface area contributed by atoms with Gasteiger partial charge in [0.2, 0.25) is 0 Å². The second-order valence-electron chi connectivity index (χ2n) is 4.76. The molecule has 1 aliphatic rings. The van der Waals surface area contributed by atoms with Crippen molar-refractivity contribution in [2.45, 2.75) is 52.2 Å². The van der Waals surface area contributed by atoms with E-state index in [1.807, 2.05) is 0 Å². The van der Waals surface area contributed by atoms with Crippen LogP contribution in [0.15, 0.2) is 18.2 Å². The molecular formula is C14H21NO. The Balaban J connectivity index is 1.78. The van der Waals surface area contributed by atoms with Crippen molar-refractivity contribution in [3.05, 3.63) is 34.9 Å². The van der Waals surface area contributed by atoms with Crippen molar-refractivity contribution >= 4 is 0 Å². The van der Waals surface area contributed by atoms with Gasteiger partial charge in [-0.15, -0.1) is 0 Å². The number of benzene rings is 1. The van der Waals surface area contributed by atoms with Gasteiger partial charge in [-0.25, -0.2) is 0 Å². The Labute approximate surface area is 98.0 Å². The van der Waals surface area contributed by atoms with Gasteiger partial charge in [0.1, 0.15) is 0 Å². The van der Waals surface area contributed by atoms with Crippen LogP contribution < -0.4 is 5.48 Å². The number of nitrogens with one attached hydrogen (secondary N) is 1. The predicted octanol–water partition coefficient (Wildman–Crippen LogP) is 3.27. The summed E-state index contributed by atoms with van der Waals surface area (Å²) in [6.07, 6.45) is 5.48. The molecule has 0 aromatic heterocycles. The zero-order valence-electron chi connectivity index (χ0n) is 10.3. The molecule has 0 heterocycles. The molecule has 0 unspecified atom stereocenters. The van der Waals surface area contributed by atoms with E-state index in [2.05, 4.69) is 37.5 Å². The van der Waals surface area contributed by atoms with Crippen LogP contribution in [0.1, 0.15) is 42.4 Å². The highest BCUT2D eigenvalue weighted by molar-refractivity contribution is 5.29. The van der Waals surface area contributed by atoms with E-state index in [0.29, 0.717) is 6.10 Å². The molecule has 0 radical (unpaired) electrons.